The lowest BCUT2D eigenvalue weighted by atomic mass is 9.99. The van der Waals surface area contributed by atoms with Gasteiger partial charge in [-0.3, -0.25) is 0 Å². The third-order valence-corrected chi connectivity index (χ3v) is 3.53. The van der Waals surface area contributed by atoms with E-state index in [-0.39, 0.29) is 6.10 Å². The van der Waals surface area contributed by atoms with Crippen LogP contribution < -0.4 is 0 Å². The van der Waals surface area contributed by atoms with Crippen molar-refractivity contribution >= 4 is 17.3 Å². The van der Waals surface area contributed by atoms with Gasteiger partial charge in [0.15, 0.2) is 6.10 Å². The molecule has 0 bridgehead atoms. The Kier molecular flexibility index (Phi) is 3.51. The molecule has 0 saturated heterocycles. The number of nitrogens with zero attached hydrogens (tertiary/aromatic N) is 1. The smallest absolute Gasteiger partial charge is 0.152 e. The van der Waals surface area contributed by atoms with Crippen molar-refractivity contribution in [2.24, 2.45) is 5.16 Å². The average Bonchev–Trinajstić information content (AvgIpc) is 2.49. The second-order valence-electron chi connectivity index (χ2n) is 4.59. The summed E-state index contributed by atoms with van der Waals surface area (Å²) in [6, 6.07) is 17.9. The zero-order valence-electron chi connectivity index (χ0n) is 10.4. The molecular weight excluding hydrogens is 258 g/mol. The molecule has 0 aromatic heterocycles. The van der Waals surface area contributed by atoms with Gasteiger partial charge >= 0.3 is 0 Å². The number of hydrogen-bond donors (Lipinski definition) is 0. The van der Waals surface area contributed by atoms with E-state index in [9.17, 15) is 0 Å². The maximum Gasteiger partial charge on any atom is 0.152 e. The van der Waals surface area contributed by atoms with Crippen molar-refractivity contribution in [2.45, 2.75) is 18.9 Å². The van der Waals surface area contributed by atoms with Gasteiger partial charge in [-0.05, 0) is 36.1 Å². The maximum atomic E-state index is 5.88. The molecule has 2 nitrogen and oxygen atoms in total. The van der Waals surface area contributed by atoms with E-state index in [1.54, 1.807) is 0 Å². The van der Waals surface area contributed by atoms with Gasteiger partial charge in [0.2, 0.25) is 0 Å². The van der Waals surface area contributed by atoms with Gasteiger partial charge in [0, 0.05) is 5.02 Å². The topological polar surface area (TPSA) is 21.6 Å². The number of rotatable bonds is 2. The van der Waals surface area contributed by atoms with Crippen LogP contribution in [-0.2, 0) is 4.84 Å². The highest BCUT2D eigenvalue weighted by Crippen LogP contribution is 2.28. The molecule has 1 aliphatic heterocycles. The molecule has 0 radical (unpaired) electrons. The van der Waals surface area contributed by atoms with Crippen LogP contribution in [0.4, 0.5) is 0 Å². The molecule has 2 aromatic rings. The van der Waals surface area contributed by atoms with Crippen LogP contribution in [-0.4, -0.2) is 5.71 Å². The Morgan fingerprint density at radius 1 is 1.00 bits per heavy atom. The fourth-order valence-corrected chi connectivity index (χ4v) is 2.35. The standard InChI is InChI=1S/C16H14ClNO/c17-14-8-6-12(7-9-14)15-10-11-16(19-18-15)13-4-2-1-3-5-13/h1-9,16H,10-11H2. The Morgan fingerprint density at radius 3 is 2.37 bits per heavy atom. The maximum absolute atomic E-state index is 5.88. The summed E-state index contributed by atoms with van der Waals surface area (Å²) >= 11 is 5.88. The number of benzene rings is 2. The Labute approximate surface area is 117 Å². The van der Waals surface area contributed by atoms with E-state index >= 15 is 0 Å². The summed E-state index contributed by atoms with van der Waals surface area (Å²) in [6.07, 6.45) is 1.93. The van der Waals surface area contributed by atoms with E-state index in [0.717, 1.165) is 29.1 Å². The van der Waals surface area contributed by atoms with Crippen LogP contribution in [0.3, 0.4) is 0 Å². The first-order chi connectivity index (χ1) is 9.33. The predicted octanol–water partition coefficient (Wildman–Crippen LogP) is 4.60. The Morgan fingerprint density at radius 2 is 1.74 bits per heavy atom. The lowest BCUT2D eigenvalue weighted by molar-refractivity contribution is 0.0431. The van der Waals surface area contributed by atoms with Crippen molar-refractivity contribution in [3.05, 3.63) is 70.7 Å². The van der Waals surface area contributed by atoms with Crippen molar-refractivity contribution in [3.63, 3.8) is 0 Å². The first kappa shape index (κ1) is 12.2. The highest BCUT2D eigenvalue weighted by atomic mass is 35.5. The fraction of sp³-hybridized carbons (Fsp3) is 0.188. The van der Waals surface area contributed by atoms with Gasteiger partial charge in [-0.15, -0.1) is 0 Å². The minimum absolute atomic E-state index is 0.0669. The molecule has 19 heavy (non-hydrogen) atoms. The van der Waals surface area contributed by atoms with Gasteiger partial charge in [0.05, 0.1) is 5.71 Å². The molecule has 3 rings (SSSR count). The highest BCUT2D eigenvalue weighted by molar-refractivity contribution is 6.30. The number of halogens is 1. The minimum atomic E-state index is 0.0669. The molecule has 96 valence electrons. The van der Waals surface area contributed by atoms with Crippen molar-refractivity contribution in [2.75, 3.05) is 0 Å². The molecule has 0 amide bonds. The van der Waals surface area contributed by atoms with E-state index in [1.165, 1.54) is 5.56 Å². The Balaban J connectivity index is 1.75. The summed E-state index contributed by atoms with van der Waals surface area (Å²) in [4.78, 5) is 5.62. The molecule has 0 N–H and O–H groups in total. The van der Waals surface area contributed by atoms with Crippen LogP contribution >= 0.6 is 11.6 Å². The summed E-state index contributed by atoms with van der Waals surface area (Å²) in [7, 11) is 0. The van der Waals surface area contributed by atoms with Crippen LogP contribution in [0.2, 0.25) is 5.02 Å². The average molecular weight is 272 g/mol. The zero-order valence-corrected chi connectivity index (χ0v) is 11.2. The Hall–Kier alpha value is -1.80. The highest BCUT2D eigenvalue weighted by Gasteiger charge is 2.19. The van der Waals surface area contributed by atoms with E-state index in [1.807, 2.05) is 42.5 Å². The van der Waals surface area contributed by atoms with Gasteiger partial charge in [-0.25, -0.2) is 0 Å². The predicted molar refractivity (Wildman–Crippen MR) is 77.5 cm³/mol. The van der Waals surface area contributed by atoms with E-state index in [0.29, 0.717) is 0 Å². The molecular formula is C16H14ClNO. The van der Waals surface area contributed by atoms with E-state index < -0.39 is 0 Å². The van der Waals surface area contributed by atoms with Gasteiger partial charge in [-0.1, -0.05) is 59.2 Å². The first-order valence-electron chi connectivity index (χ1n) is 6.36. The second kappa shape index (κ2) is 5.45. The molecule has 1 heterocycles. The molecule has 0 fully saturated rings. The quantitative estimate of drug-likeness (QED) is 0.782. The summed E-state index contributed by atoms with van der Waals surface area (Å²) in [5.74, 6) is 0. The van der Waals surface area contributed by atoms with Gasteiger partial charge in [-0.2, -0.15) is 0 Å². The van der Waals surface area contributed by atoms with Gasteiger partial charge in [0.25, 0.3) is 0 Å². The van der Waals surface area contributed by atoms with E-state index in [4.69, 9.17) is 16.4 Å². The van der Waals surface area contributed by atoms with Crippen molar-refractivity contribution in [1.82, 2.24) is 0 Å². The first-order valence-corrected chi connectivity index (χ1v) is 6.74. The summed E-state index contributed by atoms with van der Waals surface area (Å²) in [5, 5.41) is 5.00. The molecule has 0 aliphatic carbocycles. The lowest BCUT2D eigenvalue weighted by Crippen LogP contribution is -2.13. The van der Waals surface area contributed by atoms with Gasteiger partial charge in [0.1, 0.15) is 0 Å². The van der Waals surface area contributed by atoms with Crippen LogP contribution in [0.5, 0.6) is 0 Å². The monoisotopic (exact) mass is 271 g/mol. The van der Waals surface area contributed by atoms with Crippen molar-refractivity contribution in [1.29, 1.82) is 0 Å². The van der Waals surface area contributed by atoms with Crippen LogP contribution in [0, 0.1) is 0 Å². The Bertz CT molecular complexity index is 577. The van der Waals surface area contributed by atoms with Crippen LogP contribution in [0.1, 0.15) is 30.1 Å². The van der Waals surface area contributed by atoms with Crippen molar-refractivity contribution < 1.29 is 4.84 Å². The second-order valence-corrected chi connectivity index (χ2v) is 5.02. The van der Waals surface area contributed by atoms with Crippen LogP contribution in [0.15, 0.2) is 59.8 Å². The lowest BCUT2D eigenvalue weighted by Gasteiger charge is -2.21. The molecule has 2 aromatic carbocycles. The van der Waals surface area contributed by atoms with Gasteiger partial charge < -0.3 is 4.84 Å². The molecule has 1 atom stereocenters. The SMILES string of the molecule is Clc1ccc(C2=NOC(c3ccccc3)CC2)cc1. The zero-order chi connectivity index (χ0) is 13.1. The molecule has 1 aliphatic rings. The fourth-order valence-electron chi connectivity index (χ4n) is 2.23. The van der Waals surface area contributed by atoms with Crippen LogP contribution in [0.25, 0.3) is 0 Å². The normalized spacial score (nSPS) is 18.6. The summed E-state index contributed by atoms with van der Waals surface area (Å²) in [6.45, 7) is 0. The molecule has 1 unspecified atom stereocenters. The van der Waals surface area contributed by atoms with Crippen molar-refractivity contribution in [3.8, 4) is 0 Å². The number of oxime groups is 1. The third-order valence-electron chi connectivity index (χ3n) is 3.28. The number of hydrogen-bond acceptors (Lipinski definition) is 2. The third kappa shape index (κ3) is 2.79. The molecule has 0 saturated carbocycles. The minimum Gasteiger partial charge on any atom is -0.387 e. The summed E-state index contributed by atoms with van der Waals surface area (Å²) in [5.41, 5.74) is 3.25. The largest absolute Gasteiger partial charge is 0.387 e. The summed E-state index contributed by atoms with van der Waals surface area (Å²) < 4.78 is 0. The van der Waals surface area contributed by atoms with E-state index in [2.05, 4.69) is 17.3 Å². The molecule has 3 heteroatoms. The molecule has 0 spiro atoms.